The van der Waals surface area contributed by atoms with Crippen LogP contribution in [-0.2, 0) is 15.7 Å². The molecule has 0 aliphatic heterocycles. The highest BCUT2D eigenvalue weighted by molar-refractivity contribution is 5.92. The minimum atomic E-state index is -4.54. The summed E-state index contributed by atoms with van der Waals surface area (Å²) in [5, 5.41) is 10.9. The molecule has 0 aliphatic carbocycles. The number of hydrogen-bond donors (Lipinski definition) is 2. The van der Waals surface area contributed by atoms with Crippen LogP contribution in [0, 0.1) is 0 Å². The quantitative estimate of drug-likeness (QED) is 0.843. The minimum Gasteiger partial charge on any atom is -0.479 e. The monoisotopic (exact) mass is 292 g/mol. The topological polar surface area (TPSA) is 88.5 Å². The number of methoxy groups -OCH3 is 1. The van der Waals surface area contributed by atoms with Crippen LogP contribution in [0.15, 0.2) is 18.3 Å². The lowest BCUT2D eigenvalue weighted by atomic mass is 10.2. The van der Waals surface area contributed by atoms with Crippen LogP contribution < -0.4 is 5.32 Å². The number of aliphatic carboxylic acids is 1. The number of alkyl halides is 3. The van der Waals surface area contributed by atoms with Crippen molar-refractivity contribution in [1.29, 1.82) is 0 Å². The zero-order valence-corrected chi connectivity index (χ0v) is 10.3. The van der Waals surface area contributed by atoms with E-state index in [0.717, 1.165) is 13.2 Å². The molecular formula is C11H11F3N2O4. The first kappa shape index (κ1) is 15.9. The highest BCUT2D eigenvalue weighted by atomic mass is 19.4. The Morgan fingerprint density at radius 2 is 2.10 bits per heavy atom. The Balaban J connectivity index is 2.67. The fourth-order valence-corrected chi connectivity index (χ4v) is 1.24. The third-order valence-electron chi connectivity index (χ3n) is 2.33. The second-order valence-corrected chi connectivity index (χ2v) is 3.70. The number of carbonyl (C=O) groups is 2. The molecule has 0 fully saturated rings. The van der Waals surface area contributed by atoms with E-state index in [-0.39, 0.29) is 12.2 Å². The van der Waals surface area contributed by atoms with Gasteiger partial charge in [-0.05, 0) is 12.1 Å². The van der Waals surface area contributed by atoms with Gasteiger partial charge in [0, 0.05) is 13.3 Å². The summed E-state index contributed by atoms with van der Waals surface area (Å²) >= 11 is 0. The van der Waals surface area contributed by atoms with Crippen molar-refractivity contribution < 1.29 is 32.6 Å². The van der Waals surface area contributed by atoms with Gasteiger partial charge in [-0.3, -0.25) is 9.78 Å². The highest BCUT2D eigenvalue weighted by Crippen LogP contribution is 2.28. The normalized spacial score (nSPS) is 12.8. The first-order valence-corrected chi connectivity index (χ1v) is 5.32. The van der Waals surface area contributed by atoms with Crippen molar-refractivity contribution in [2.45, 2.75) is 12.3 Å². The predicted octanol–water partition coefficient (Wildman–Crippen LogP) is 0.930. The average Bonchev–Trinajstić information content (AvgIpc) is 2.38. The van der Waals surface area contributed by atoms with Crippen molar-refractivity contribution in [1.82, 2.24) is 10.3 Å². The van der Waals surface area contributed by atoms with E-state index in [1.165, 1.54) is 0 Å². The van der Waals surface area contributed by atoms with Crippen LogP contribution >= 0.6 is 0 Å². The van der Waals surface area contributed by atoms with Crippen molar-refractivity contribution in [3.05, 3.63) is 29.6 Å². The molecule has 0 saturated carbocycles. The largest absolute Gasteiger partial charge is 0.479 e. The molecule has 6 nitrogen and oxygen atoms in total. The van der Waals surface area contributed by atoms with Gasteiger partial charge >= 0.3 is 12.1 Å². The van der Waals surface area contributed by atoms with E-state index in [2.05, 4.69) is 15.0 Å². The van der Waals surface area contributed by atoms with E-state index in [1.807, 2.05) is 0 Å². The van der Waals surface area contributed by atoms with Gasteiger partial charge < -0.3 is 15.2 Å². The van der Waals surface area contributed by atoms with Crippen molar-refractivity contribution >= 4 is 11.9 Å². The Morgan fingerprint density at radius 1 is 1.45 bits per heavy atom. The summed E-state index contributed by atoms with van der Waals surface area (Å²) < 4.78 is 41.4. The first-order chi connectivity index (χ1) is 9.25. The van der Waals surface area contributed by atoms with Crippen molar-refractivity contribution in [3.63, 3.8) is 0 Å². The third-order valence-corrected chi connectivity index (χ3v) is 2.33. The molecule has 2 N–H and O–H groups in total. The van der Waals surface area contributed by atoms with Crippen LogP contribution in [0.5, 0.6) is 0 Å². The zero-order valence-electron chi connectivity index (χ0n) is 10.3. The SMILES string of the molecule is COC(CNC(=O)c1ccc(C(F)(F)F)cn1)C(=O)O. The van der Waals surface area contributed by atoms with Crippen LogP contribution in [0.4, 0.5) is 13.2 Å². The maximum Gasteiger partial charge on any atom is 0.417 e. The molecule has 0 bridgehead atoms. The molecule has 1 aromatic rings. The first-order valence-electron chi connectivity index (χ1n) is 5.32. The second kappa shape index (κ2) is 6.33. The van der Waals surface area contributed by atoms with Crippen LogP contribution in [-0.4, -0.2) is 41.7 Å². The molecule has 9 heteroatoms. The van der Waals surface area contributed by atoms with E-state index in [9.17, 15) is 22.8 Å². The number of carbonyl (C=O) groups excluding carboxylic acids is 1. The van der Waals surface area contributed by atoms with Gasteiger partial charge in [-0.25, -0.2) is 4.79 Å². The molecule has 0 spiro atoms. The summed E-state index contributed by atoms with van der Waals surface area (Å²) in [7, 11) is 1.15. The molecule has 1 amide bonds. The van der Waals surface area contributed by atoms with Crippen molar-refractivity contribution in [2.75, 3.05) is 13.7 Å². The Labute approximate surface area is 111 Å². The lowest BCUT2D eigenvalue weighted by Crippen LogP contribution is -2.38. The number of hydrogen-bond acceptors (Lipinski definition) is 4. The number of carboxylic acid groups (broad SMARTS) is 1. The Hall–Kier alpha value is -2.16. The number of ether oxygens (including phenoxy) is 1. The average molecular weight is 292 g/mol. The molecule has 20 heavy (non-hydrogen) atoms. The number of pyridine rings is 1. The zero-order chi connectivity index (χ0) is 15.3. The number of halogens is 3. The molecule has 110 valence electrons. The van der Waals surface area contributed by atoms with E-state index >= 15 is 0 Å². The third kappa shape index (κ3) is 4.19. The van der Waals surface area contributed by atoms with E-state index < -0.39 is 29.7 Å². The number of amides is 1. The molecule has 0 aliphatic rings. The van der Waals surface area contributed by atoms with E-state index in [4.69, 9.17) is 5.11 Å². The maximum atomic E-state index is 12.3. The number of nitrogens with one attached hydrogen (secondary N) is 1. The molecule has 1 heterocycles. The van der Waals surface area contributed by atoms with Gasteiger partial charge in [0.1, 0.15) is 5.69 Å². The van der Waals surface area contributed by atoms with Crippen LogP contribution in [0.3, 0.4) is 0 Å². The van der Waals surface area contributed by atoms with Gasteiger partial charge in [0.15, 0.2) is 6.10 Å². The van der Waals surface area contributed by atoms with Crippen molar-refractivity contribution in [3.8, 4) is 0 Å². The lowest BCUT2D eigenvalue weighted by Gasteiger charge is -2.11. The smallest absolute Gasteiger partial charge is 0.417 e. The summed E-state index contributed by atoms with van der Waals surface area (Å²) in [6.07, 6.45) is -5.25. The molecule has 0 aromatic carbocycles. The number of aromatic nitrogens is 1. The Bertz CT molecular complexity index is 487. The lowest BCUT2D eigenvalue weighted by molar-refractivity contribution is -0.148. The van der Waals surface area contributed by atoms with Crippen molar-refractivity contribution in [2.24, 2.45) is 0 Å². The molecule has 0 radical (unpaired) electrons. The molecule has 1 aromatic heterocycles. The van der Waals surface area contributed by atoms with Gasteiger partial charge in [0.2, 0.25) is 0 Å². The summed E-state index contributed by atoms with van der Waals surface area (Å²) in [5.41, 5.74) is -1.23. The van der Waals surface area contributed by atoms with Crippen LogP contribution in [0.2, 0.25) is 0 Å². The Kier molecular flexibility index (Phi) is 5.03. The minimum absolute atomic E-state index is 0.252. The number of carboxylic acids is 1. The van der Waals surface area contributed by atoms with Crippen LogP contribution in [0.1, 0.15) is 16.1 Å². The number of rotatable bonds is 5. The van der Waals surface area contributed by atoms with Gasteiger partial charge in [0.05, 0.1) is 12.1 Å². The fourth-order valence-electron chi connectivity index (χ4n) is 1.24. The molecule has 1 rings (SSSR count). The molecular weight excluding hydrogens is 281 g/mol. The van der Waals surface area contributed by atoms with Gasteiger partial charge in [0.25, 0.3) is 5.91 Å². The maximum absolute atomic E-state index is 12.3. The summed E-state index contributed by atoms with van der Waals surface area (Å²) in [6, 6.07) is 1.62. The summed E-state index contributed by atoms with van der Waals surface area (Å²) in [6.45, 7) is -0.326. The van der Waals surface area contributed by atoms with Gasteiger partial charge in [-0.15, -0.1) is 0 Å². The van der Waals surface area contributed by atoms with E-state index in [0.29, 0.717) is 12.3 Å². The molecule has 1 atom stereocenters. The predicted molar refractivity (Wildman–Crippen MR) is 60.0 cm³/mol. The number of nitrogens with zero attached hydrogens (tertiary/aromatic N) is 1. The summed E-state index contributed by atoms with van der Waals surface area (Å²) in [5.74, 6) is -2.06. The van der Waals surface area contributed by atoms with Gasteiger partial charge in [-0.2, -0.15) is 13.2 Å². The fraction of sp³-hybridized carbons (Fsp3) is 0.364. The standard InChI is InChI=1S/C11H11F3N2O4/c1-20-8(10(18)19)5-16-9(17)7-3-2-6(4-15-7)11(12,13)14/h2-4,8H,5H2,1H3,(H,16,17)(H,18,19). The summed E-state index contributed by atoms with van der Waals surface area (Å²) in [4.78, 5) is 25.5. The highest BCUT2D eigenvalue weighted by Gasteiger charge is 2.31. The second-order valence-electron chi connectivity index (χ2n) is 3.70. The molecule has 0 saturated heterocycles. The van der Waals surface area contributed by atoms with E-state index in [1.54, 1.807) is 0 Å². The van der Waals surface area contributed by atoms with Crippen LogP contribution in [0.25, 0.3) is 0 Å². The molecule has 1 unspecified atom stereocenters. The Morgan fingerprint density at radius 3 is 2.50 bits per heavy atom. The van der Waals surface area contributed by atoms with Gasteiger partial charge in [-0.1, -0.05) is 0 Å².